The number of anilines is 1. The third kappa shape index (κ3) is 2.92. The van der Waals surface area contributed by atoms with Gasteiger partial charge in [0, 0.05) is 41.9 Å². The Labute approximate surface area is 115 Å². The van der Waals surface area contributed by atoms with E-state index in [9.17, 15) is 0 Å². The molecule has 1 aliphatic heterocycles. The van der Waals surface area contributed by atoms with Gasteiger partial charge in [-0.3, -0.25) is 0 Å². The summed E-state index contributed by atoms with van der Waals surface area (Å²) < 4.78 is 0. The molecular weight excluding hydrogens is 234 g/mol. The largest absolute Gasteiger partial charge is 0.382 e. The molecule has 102 valence electrons. The molecule has 0 unspecified atom stereocenters. The van der Waals surface area contributed by atoms with Crippen LogP contribution in [-0.4, -0.2) is 35.6 Å². The first kappa shape index (κ1) is 12.5. The van der Waals surface area contributed by atoms with Gasteiger partial charge in [0.2, 0.25) is 0 Å². The molecule has 0 spiro atoms. The van der Waals surface area contributed by atoms with Gasteiger partial charge in [-0.2, -0.15) is 0 Å². The van der Waals surface area contributed by atoms with Gasteiger partial charge in [0.05, 0.1) is 0 Å². The number of nitrogens with zero attached hydrogens (tertiary/aromatic N) is 1. The molecule has 0 aliphatic carbocycles. The van der Waals surface area contributed by atoms with Gasteiger partial charge in [-0.05, 0) is 50.1 Å². The molecule has 3 heteroatoms. The fourth-order valence-electron chi connectivity index (χ4n) is 3.00. The van der Waals surface area contributed by atoms with Crippen molar-refractivity contribution in [2.24, 2.45) is 0 Å². The molecule has 0 amide bonds. The number of aromatic amines is 1. The third-order valence-electron chi connectivity index (χ3n) is 4.05. The van der Waals surface area contributed by atoms with Crippen LogP contribution in [0.5, 0.6) is 0 Å². The van der Waals surface area contributed by atoms with Gasteiger partial charge in [-0.15, -0.1) is 0 Å². The first-order chi connectivity index (χ1) is 9.35. The molecule has 3 rings (SSSR count). The maximum Gasteiger partial charge on any atom is 0.0455 e. The van der Waals surface area contributed by atoms with Crippen molar-refractivity contribution in [2.45, 2.75) is 32.2 Å². The summed E-state index contributed by atoms with van der Waals surface area (Å²) in [7, 11) is 0. The fraction of sp³-hybridized carbons (Fsp3) is 0.500. The molecule has 1 saturated heterocycles. The van der Waals surface area contributed by atoms with E-state index in [0.717, 1.165) is 0 Å². The second-order valence-electron chi connectivity index (χ2n) is 5.54. The molecule has 1 aromatic carbocycles. The van der Waals surface area contributed by atoms with Crippen molar-refractivity contribution in [1.82, 2.24) is 9.88 Å². The number of benzene rings is 1. The normalized spacial score (nSPS) is 17.9. The standard InChI is InChI=1S/C16H23N3/c1-2-9-19-10-6-14(7-11-19)18-15-3-4-16-13(12-15)5-8-17-16/h3-5,8,12,14,17-18H,2,6-7,9-11H2,1H3. The molecule has 3 nitrogen and oxygen atoms in total. The molecule has 1 aliphatic rings. The van der Waals surface area contributed by atoms with Gasteiger partial charge < -0.3 is 15.2 Å². The first-order valence-corrected chi connectivity index (χ1v) is 7.41. The molecule has 2 N–H and O–H groups in total. The topological polar surface area (TPSA) is 31.1 Å². The van der Waals surface area contributed by atoms with E-state index in [0.29, 0.717) is 6.04 Å². The van der Waals surface area contributed by atoms with Crippen molar-refractivity contribution in [1.29, 1.82) is 0 Å². The van der Waals surface area contributed by atoms with Crippen LogP contribution in [0.3, 0.4) is 0 Å². The molecule has 0 bridgehead atoms. The number of aromatic nitrogens is 1. The molecular formula is C16H23N3. The Kier molecular flexibility index (Phi) is 3.74. The number of likely N-dealkylation sites (tertiary alicyclic amines) is 1. The lowest BCUT2D eigenvalue weighted by Gasteiger charge is -2.32. The van der Waals surface area contributed by atoms with Crippen LogP contribution in [0.2, 0.25) is 0 Å². The summed E-state index contributed by atoms with van der Waals surface area (Å²) in [5, 5.41) is 4.97. The number of hydrogen-bond donors (Lipinski definition) is 2. The van der Waals surface area contributed by atoms with E-state index in [1.165, 1.54) is 55.5 Å². The zero-order valence-electron chi connectivity index (χ0n) is 11.7. The SMILES string of the molecule is CCCN1CCC(Nc2ccc3[nH]ccc3c2)CC1. The molecule has 0 radical (unpaired) electrons. The maximum atomic E-state index is 3.68. The van der Waals surface area contributed by atoms with Gasteiger partial charge in [-0.1, -0.05) is 6.92 Å². The van der Waals surface area contributed by atoms with E-state index >= 15 is 0 Å². The summed E-state index contributed by atoms with van der Waals surface area (Å²) in [5.74, 6) is 0. The van der Waals surface area contributed by atoms with Crippen molar-refractivity contribution in [2.75, 3.05) is 25.0 Å². The number of nitrogens with one attached hydrogen (secondary N) is 2. The third-order valence-corrected chi connectivity index (χ3v) is 4.05. The maximum absolute atomic E-state index is 3.68. The van der Waals surface area contributed by atoms with Gasteiger partial charge in [0.1, 0.15) is 0 Å². The lowest BCUT2D eigenvalue weighted by Crippen LogP contribution is -2.39. The Morgan fingerprint density at radius 1 is 1.26 bits per heavy atom. The van der Waals surface area contributed by atoms with Gasteiger partial charge in [0.25, 0.3) is 0 Å². The van der Waals surface area contributed by atoms with Crippen LogP contribution in [0.4, 0.5) is 5.69 Å². The summed E-state index contributed by atoms with van der Waals surface area (Å²) in [4.78, 5) is 5.81. The predicted molar refractivity (Wildman–Crippen MR) is 81.7 cm³/mol. The van der Waals surface area contributed by atoms with Crippen LogP contribution in [-0.2, 0) is 0 Å². The zero-order chi connectivity index (χ0) is 13.1. The summed E-state index contributed by atoms with van der Waals surface area (Å²) in [5.41, 5.74) is 2.46. The summed E-state index contributed by atoms with van der Waals surface area (Å²) in [6.07, 6.45) is 5.77. The fourth-order valence-corrected chi connectivity index (χ4v) is 3.00. The minimum Gasteiger partial charge on any atom is -0.382 e. The highest BCUT2D eigenvalue weighted by Crippen LogP contribution is 2.21. The Morgan fingerprint density at radius 3 is 2.89 bits per heavy atom. The van der Waals surface area contributed by atoms with Crippen LogP contribution >= 0.6 is 0 Å². The molecule has 0 atom stereocenters. The number of piperidine rings is 1. The van der Waals surface area contributed by atoms with Crippen LogP contribution in [0.15, 0.2) is 30.5 Å². The highest BCUT2D eigenvalue weighted by molar-refractivity contribution is 5.83. The number of H-pyrrole nitrogens is 1. The van der Waals surface area contributed by atoms with Crippen molar-refractivity contribution in [3.8, 4) is 0 Å². The van der Waals surface area contributed by atoms with Gasteiger partial charge >= 0.3 is 0 Å². The lowest BCUT2D eigenvalue weighted by atomic mass is 10.0. The van der Waals surface area contributed by atoms with E-state index in [1.54, 1.807) is 0 Å². The summed E-state index contributed by atoms with van der Waals surface area (Å²) in [6, 6.07) is 9.33. The minimum absolute atomic E-state index is 0.629. The Bertz CT molecular complexity index is 524. The minimum atomic E-state index is 0.629. The van der Waals surface area contributed by atoms with E-state index in [4.69, 9.17) is 0 Å². The van der Waals surface area contributed by atoms with E-state index in [2.05, 4.69) is 46.4 Å². The lowest BCUT2D eigenvalue weighted by molar-refractivity contribution is 0.219. The molecule has 0 saturated carbocycles. The van der Waals surface area contributed by atoms with Crippen LogP contribution in [0.1, 0.15) is 26.2 Å². The Balaban J connectivity index is 1.59. The van der Waals surface area contributed by atoms with Gasteiger partial charge in [-0.25, -0.2) is 0 Å². The second kappa shape index (κ2) is 5.66. The van der Waals surface area contributed by atoms with E-state index in [1.807, 2.05) is 6.20 Å². The average Bonchev–Trinajstić information content (AvgIpc) is 2.89. The van der Waals surface area contributed by atoms with Crippen molar-refractivity contribution < 1.29 is 0 Å². The van der Waals surface area contributed by atoms with Crippen molar-refractivity contribution in [3.05, 3.63) is 30.5 Å². The second-order valence-corrected chi connectivity index (χ2v) is 5.54. The smallest absolute Gasteiger partial charge is 0.0455 e. The summed E-state index contributed by atoms with van der Waals surface area (Å²) >= 11 is 0. The van der Waals surface area contributed by atoms with E-state index < -0.39 is 0 Å². The molecule has 1 fully saturated rings. The zero-order valence-corrected chi connectivity index (χ0v) is 11.7. The molecule has 19 heavy (non-hydrogen) atoms. The molecule has 2 heterocycles. The summed E-state index contributed by atoms with van der Waals surface area (Å²) in [6.45, 7) is 5.98. The Hall–Kier alpha value is -1.48. The Morgan fingerprint density at radius 2 is 2.11 bits per heavy atom. The van der Waals surface area contributed by atoms with Crippen LogP contribution < -0.4 is 5.32 Å². The molecule has 2 aromatic rings. The van der Waals surface area contributed by atoms with Crippen molar-refractivity contribution in [3.63, 3.8) is 0 Å². The van der Waals surface area contributed by atoms with Gasteiger partial charge in [0.15, 0.2) is 0 Å². The molecule has 1 aromatic heterocycles. The monoisotopic (exact) mass is 257 g/mol. The first-order valence-electron chi connectivity index (χ1n) is 7.41. The predicted octanol–water partition coefficient (Wildman–Crippen LogP) is 3.45. The number of fused-ring (bicyclic) bond motifs is 1. The van der Waals surface area contributed by atoms with Crippen molar-refractivity contribution >= 4 is 16.6 Å². The average molecular weight is 257 g/mol. The van der Waals surface area contributed by atoms with Crippen LogP contribution in [0, 0.1) is 0 Å². The van der Waals surface area contributed by atoms with Crippen LogP contribution in [0.25, 0.3) is 10.9 Å². The number of rotatable bonds is 4. The highest BCUT2D eigenvalue weighted by atomic mass is 15.1. The quantitative estimate of drug-likeness (QED) is 0.879. The van der Waals surface area contributed by atoms with E-state index in [-0.39, 0.29) is 0 Å². The number of hydrogen-bond acceptors (Lipinski definition) is 2. The highest BCUT2D eigenvalue weighted by Gasteiger charge is 2.18.